The van der Waals surface area contributed by atoms with Crippen LogP contribution in [-0.4, -0.2) is 28.9 Å². The standard InChI is InChI=1S/C11H12FN3O4/c12-7-2-1-5(3-6(7)10(14)18)15-11(19)8(13)4-9(16)17/h1-3,8H,4,13H2,(H2,14,18)(H,15,19)(H,16,17). The van der Waals surface area contributed by atoms with Gasteiger partial charge in [-0.25, -0.2) is 4.39 Å². The van der Waals surface area contributed by atoms with Gasteiger partial charge in [0.25, 0.3) is 5.91 Å². The molecule has 6 N–H and O–H groups in total. The lowest BCUT2D eigenvalue weighted by atomic mass is 10.1. The molecule has 0 bridgehead atoms. The highest BCUT2D eigenvalue weighted by Gasteiger charge is 2.18. The van der Waals surface area contributed by atoms with E-state index < -0.39 is 36.1 Å². The SMILES string of the molecule is NC(=O)c1cc(NC(=O)C(N)CC(=O)O)ccc1F. The molecule has 7 nitrogen and oxygen atoms in total. The summed E-state index contributed by atoms with van der Waals surface area (Å²) in [6, 6.07) is 1.95. The zero-order chi connectivity index (χ0) is 14.6. The van der Waals surface area contributed by atoms with Gasteiger partial charge in [0, 0.05) is 5.69 Å². The van der Waals surface area contributed by atoms with E-state index in [4.69, 9.17) is 16.6 Å². The van der Waals surface area contributed by atoms with Crippen LogP contribution in [0.15, 0.2) is 18.2 Å². The Kier molecular flexibility index (Phi) is 4.54. The van der Waals surface area contributed by atoms with Gasteiger partial charge in [-0.3, -0.25) is 14.4 Å². The van der Waals surface area contributed by atoms with Crippen LogP contribution in [0, 0.1) is 5.82 Å². The average Bonchev–Trinajstić information content (AvgIpc) is 2.30. The summed E-state index contributed by atoms with van der Waals surface area (Å²) in [6.07, 6.45) is -0.546. The van der Waals surface area contributed by atoms with Gasteiger partial charge in [0.05, 0.1) is 18.0 Å². The number of rotatable bonds is 5. The number of anilines is 1. The summed E-state index contributed by atoms with van der Waals surface area (Å²) in [6.45, 7) is 0. The molecule has 19 heavy (non-hydrogen) atoms. The highest BCUT2D eigenvalue weighted by atomic mass is 19.1. The highest BCUT2D eigenvalue weighted by molar-refractivity contribution is 5.99. The van der Waals surface area contributed by atoms with Crippen molar-refractivity contribution in [3.05, 3.63) is 29.6 Å². The van der Waals surface area contributed by atoms with Crippen LogP contribution in [0.25, 0.3) is 0 Å². The fraction of sp³-hybridized carbons (Fsp3) is 0.182. The van der Waals surface area contributed by atoms with Crippen LogP contribution < -0.4 is 16.8 Å². The predicted octanol–water partition coefficient (Wildman–Crippen LogP) is -0.335. The molecule has 102 valence electrons. The van der Waals surface area contributed by atoms with Gasteiger partial charge in [-0.15, -0.1) is 0 Å². The summed E-state index contributed by atoms with van der Waals surface area (Å²) < 4.78 is 13.2. The Balaban J connectivity index is 2.83. The van der Waals surface area contributed by atoms with E-state index in [0.29, 0.717) is 0 Å². The van der Waals surface area contributed by atoms with Gasteiger partial charge in [-0.2, -0.15) is 0 Å². The lowest BCUT2D eigenvalue weighted by Crippen LogP contribution is -2.37. The van der Waals surface area contributed by atoms with Crippen LogP contribution in [0.4, 0.5) is 10.1 Å². The normalized spacial score (nSPS) is 11.7. The molecule has 1 rings (SSSR count). The molecule has 2 amide bonds. The molecule has 0 fully saturated rings. The number of carboxylic acids is 1. The molecule has 0 aromatic heterocycles. The van der Waals surface area contributed by atoms with Crippen molar-refractivity contribution in [1.82, 2.24) is 0 Å². The van der Waals surface area contributed by atoms with E-state index in [0.717, 1.165) is 12.1 Å². The first-order chi connectivity index (χ1) is 8.81. The van der Waals surface area contributed by atoms with Crippen LogP contribution in [-0.2, 0) is 9.59 Å². The van der Waals surface area contributed by atoms with E-state index in [9.17, 15) is 18.8 Å². The fourth-order valence-electron chi connectivity index (χ4n) is 1.31. The van der Waals surface area contributed by atoms with Crippen LogP contribution in [0.2, 0.25) is 0 Å². The van der Waals surface area contributed by atoms with Crippen molar-refractivity contribution in [3.8, 4) is 0 Å². The number of carbonyl (C=O) groups is 3. The Labute approximate surface area is 107 Å². The third kappa shape index (κ3) is 4.03. The molecule has 0 aliphatic carbocycles. The Morgan fingerprint density at radius 2 is 2.00 bits per heavy atom. The van der Waals surface area contributed by atoms with Crippen molar-refractivity contribution < 1.29 is 23.9 Å². The molecule has 0 saturated heterocycles. The quantitative estimate of drug-likeness (QED) is 0.580. The van der Waals surface area contributed by atoms with Crippen molar-refractivity contribution in [3.63, 3.8) is 0 Å². The van der Waals surface area contributed by atoms with E-state index >= 15 is 0 Å². The number of halogens is 1. The molecule has 0 radical (unpaired) electrons. The van der Waals surface area contributed by atoms with Gasteiger partial charge in [0.1, 0.15) is 5.82 Å². The minimum Gasteiger partial charge on any atom is -0.481 e. The second-order valence-electron chi connectivity index (χ2n) is 3.75. The zero-order valence-electron chi connectivity index (χ0n) is 9.72. The van der Waals surface area contributed by atoms with Crippen LogP contribution in [0.5, 0.6) is 0 Å². The number of primary amides is 1. The Morgan fingerprint density at radius 1 is 1.37 bits per heavy atom. The second-order valence-corrected chi connectivity index (χ2v) is 3.75. The van der Waals surface area contributed by atoms with Gasteiger partial charge in [0.2, 0.25) is 5.91 Å². The number of amides is 2. The van der Waals surface area contributed by atoms with Gasteiger partial charge >= 0.3 is 5.97 Å². The number of carbonyl (C=O) groups excluding carboxylic acids is 2. The van der Waals surface area contributed by atoms with Crippen molar-refractivity contribution >= 4 is 23.5 Å². The number of carboxylic acid groups (broad SMARTS) is 1. The summed E-state index contributed by atoms with van der Waals surface area (Å²) >= 11 is 0. The molecule has 0 aliphatic heterocycles. The summed E-state index contributed by atoms with van der Waals surface area (Å²) in [5.41, 5.74) is 9.99. The molecule has 0 aliphatic rings. The predicted molar refractivity (Wildman–Crippen MR) is 63.8 cm³/mol. The largest absolute Gasteiger partial charge is 0.481 e. The van der Waals surface area contributed by atoms with E-state index in [1.54, 1.807) is 0 Å². The molecule has 1 aromatic carbocycles. The third-order valence-electron chi connectivity index (χ3n) is 2.23. The number of nitrogens with two attached hydrogens (primary N) is 2. The van der Waals surface area contributed by atoms with E-state index in [-0.39, 0.29) is 11.3 Å². The maximum Gasteiger partial charge on any atom is 0.305 e. The Morgan fingerprint density at radius 3 is 2.53 bits per heavy atom. The Bertz CT molecular complexity index is 533. The zero-order valence-corrected chi connectivity index (χ0v) is 9.72. The van der Waals surface area contributed by atoms with Crippen LogP contribution in [0.3, 0.4) is 0 Å². The topological polar surface area (TPSA) is 136 Å². The van der Waals surface area contributed by atoms with E-state index in [1.807, 2.05) is 0 Å². The number of nitrogens with one attached hydrogen (secondary N) is 1. The maximum atomic E-state index is 13.2. The lowest BCUT2D eigenvalue weighted by molar-refractivity contribution is -0.138. The van der Waals surface area contributed by atoms with Crippen molar-refractivity contribution in [2.24, 2.45) is 11.5 Å². The number of hydrogen-bond donors (Lipinski definition) is 4. The Hall–Kier alpha value is -2.48. The summed E-state index contributed by atoms with van der Waals surface area (Å²) in [4.78, 5) is 32.8. The average molecular weight is 269 g/mol. The number of benzene rings is 1. The first kappa shape index (κ1) is 14.6. The first-order valence-electron chi connectivity index (χ1n) is 5.19. The minimum absolute atomic E-state index is 0.0982. The lowest BCUT2D eigenvalue weighted by Gasteiger charge is -2.11. The molecule has 1 aromatic rings. The van der Waals surface area contributed by atoms with Gasteiger partial charge < -0.3 is 21.9 Å². The molecule has 0 spiro atoms. The molecular weight excluding hydrogens is 257 g/mol. The fourth-order valence-corrected chi connectivity index (χ4v) is 1.31. The smallest absolute Gasteiger partial charge is 0.305 e. The summed E-state index contributed by atoms with van der Waals surface area (Å²) in [7, 11) is 0. The number of hydrogen-bond acceptors (Lipinski definition) is 4. The monoisotopic (exact) mass is 269 g/mol. The van der Waals surface area contributed by atoms with Gasteiger partial charge in [-0.05, 0) is 18.2 Å². The first-order valence-corrected chi connectivity index (χ1v) is 5.19. The van der Waals surface area contributed by atoms with Crippen LogP contribution in [0.1, 0.15) is 16.8 Å². The molecule has 0 heterocycles. The van der Waals surface area contributed by atoms with Gasteiger partial charge in [-0.1, -0.05) is 0 Å². The van der Waals surface area contributed by atoms with Crippen molar-refractivity contribution in [2.45, 2.75) is 12.5 Å². The molecule has 1 atom stereocenters. The van der Waals surface area contributed by atoms with Crippen molar-refractivity contribution in [1.29, 1.82) is 0 Å². The third-order valence-corrected chi connectivity index (χ3v) is 2.23. The second kappa shape index (κ2) is 5.91. The molecule has 1 unspecified atom stereocenters. The van der Waals surface area contributed by atoms with E-state index in [2.05, 4.69) is 5.32 Å². The van der Waals surface area contributed by atoms with Crippen LogP contribution >= 0.6 is 0 Å². The molecule has 8 heteroatoms. The highest BCUT2D eigenvalue weighted by Crippen LogP contribution is 2.14. The van der Waals surface area contributed by atoms with Crippen molar-refractivity contribution in [2.75, 3.05) is 5.32 Å². The summed E-state index contributed by atoms with van der Waals surface area (Å²) in [5, 5.41) is 10.7. The summed E-state index contributed by atoms with van der Waals surface area (Å²) in [5.74, 6) is -3.78. The molecule has 0 saturated carbocycles. The number of aliphatic carboxylic acids is 1. The minimum atomic E-state index is -1.25. The maximum absolute atomic E-state index is 13.2. The van der Waals surface area contributed by atoms with Gasteiger partial charge in [0.15, 0.2) is 0 Å². The van der Waals surface area contributed by atoms with E-state index in [1.165, 1.54) is 6.07 Å². The molecular formula is C11H12FN3O4.